The highest BCUT2D eigenvalue weighted by molar-refractivity contribution is 8.00. The summed E-state index contributed by atoms with van der Waals surface area (Å²) in [6.07, 6.45) is 5.17. The summed E-state index contributed by atoms with van der Waals surface area (Å²) in [7, 11) is 0. The summed E-state index contributed by atoms with van der Waals surface area (Å²) >= 11 is 7.86. The monoisotopic (exact) mass is 404 g/mol. The highest BCUT2D eigenvalue weighted by Gasteiger charge is 2.16. The van der Waals surface area contributed by atoms with E-state index in [1.807, 2.05) is 19.1 Å². The molecule has 0 saturated carbocycles. The van der Waals surface area contributed by atoms with Crippen molar-refractivity contribution in [2.24, 2.45) is 0 Å². The Morgan fingerprint density at radius 1 is 1.48 bits per heavy atom. The van der Waals surface area contributed by atoms with Gasteiger partial charge in [0, 0.05) is 28.8 Å². The van der Waals surface area contributed by atoms with Crippen LogP contribution in [0.2, 0.25) is 5.15 Å². The van der Waals surface area contributed by atoms with Gasteiger partial charge in [0.1, 0.15) is 5.15 Å². The van der Waals surface area contributed by atoms with Crippen LogP contribution in [-0.4, -0.2) is 27.3 Å². The molecule has 3 rings (SSSR count). The average molecular weight is 405 g/mol. The van der Waals surface area contributed by atoms with Crippen molar-refractivity contribution in [3.8, 4) is 0 Å². The molecular formula is C19H21ClN4O2S. The molecule has 1 aliphatic rings. The Bertz CT molecular complexity index is 907. The van der Waals surface area contributed by atoms with E-state index < -0.39 is 0 Å². The maximum Gasteiger partial charge on any atom is 0.248 e. The molecule has 1 aliphatic heterocycles. The molecule has 0 spiro atoms. The molecule has 2 heterocycles. The van der Waals surface area contributed by atoms with Crippen LogP contribution in [0.15, 0.2) is 29.2 Å². The Balaban J connectivity index is 1.68. The number of hydrogen-bond acceptors (Lipinski definition) is 4. The summed E-state index contributed by atoms with van der Waals surface area (Å²) < 4.78 is 1.77. The van der Waals surface area contributed by atoms with Gasteiger partial charge in [-0.05, 0) is 37.6 Å². The van der Waals surface area contributed by atoms with Gasteiger partial charge in [-0.3, -0.25) is 14.3 Å². The minimum Gasteiger partial charge on any atom is -0.324 e. The summed E-state index contributed by atoms with van der Waals surface area (Å²) in [4.78, 5) is 24.7. The van der Waals surface area contributed by atoms with Crippen molar-refractivity contribution < 1.29 is 9.59 Å². The minimum atomic E-state index is -0.276. The second-order valence-corrected chi connectivity index (χ2v) is 7.61. The van der Waals surface area contributed by atoms with Gasteiger partial charge in [0.15, 0.2) is 0 Å². The molecular weight excluding hydrogens is 384 g/mol. The van der Waals surface area contributed by atoms with E-state index in [1.165, 1.54) is 17.8 Å². The Morgan fingerprint density at radius 3 is 3.07 bits per heavy atom. The van der Waals surface area contributed by atoms with E-state index in [9.17, 15) is 9.59 Å². The first-order valence-corrected chi connectivity index (χ1v) is 10.1. The number of nitrogens with one attached hydrogen (secondary N) is 2. The summed E-state index contributed by atoms with van der Waals surface area (Å²) in [6.45, 7) is 4.74. The normalized spacial score (nSPS) is 13.5. The number of nitrogens with zero attached hydrogens (tertiary/aromatic N) is 2. The van der Waals surface area contributed by atoms with Crippen LogP contribution < -0.4 is 10.6 Å². The fourth-order valence-electron chi connectivity index (χ4n) is 2.72. The van der Waals surface area contributed by atoms with Gasteiger partial charge in [-0.15, -0.1) is 11.8 Å². The number of rotatable bonds is 6. The van der Waals surface area contributed by atoms with Crippen molar-refractivity contribution in [2.75, 3.05) is 16.4 Å². The van der Waals surface area contributed by atoms with Gasteiger partial charge in [-0.2, -0.15) is 5.10 Å². The van der Waals surface area contributed by atoms with Crippen molar-refractivity contribution in [3.05, 3.63) is 40.7 Å². The van der Waals surface area contributed by atoms with Crippen LogP contribution in [-0.2, 0) is 16.1 Å². The van der Waals surface area contributed by atoms with E-state index in [0.717, 1.165) is 35.5 Å². The van der Waals surface area contributed by atoms with E-state index in [-0.39, 0.29) is 11.8 Å². The maximum absolute atomic E-state index is 12.3. The van der Waals surface area contributed by atoms with E-state index >= 15 is 0 Å². The lowest BCUT2D eigenvalue weighted by Gasteiger charge is -2.17. The van der Waals surface area contributed by atoms with Crippen LogP contribution >= 0.6 is 23.4 Å². The molecule has 0 aliphatic carbocycles. The average Bonchev–Trinajstić information content (AvgIpc) is 2.91. The number of fused-ring (bicyclic) bond motifs is 1. The molecule has 6 nitrogen and oxygen atoms in total. The van der Waals surface area contributed by atoms with E-state index in [0.29, 0.717) is 22.3 Å². The van der Waals surface area contributed by atoms with Gasteiger partial charge in [0.25, 0.3) is 0 Å². The zero-order chi connectivity index (χ0) is 19.4. The van der Waals surface area contributed by atoms with Crippen LogP contribution in [0.3, 0.4) is 0 Å². The van der Waals surface area contributed by atoms with Gasteiger partial charge in [0.2, 0.25) is 11.8 Å². The van der Waals surface area contributed by atoms with Crippen LogP contribution in [0.1, 0.15) is 31.0 Å². The van der Waals surface area contributed by atoms with E-state index in [4.69, 9.17) is 11.6 Å². The fraction of sp³-hybridized carbons (Fsp3) is 0.316. The molecule has 1 aromatic heterocycles. The van der Waals surface area contributed by atoms with Crippen molar-refractivity contribution in [1.82, 2.24) is 9.78 Å². The van der Waals surface area contributed by atoms with E-state index in [1.54, 1.807) is 16.8 Å². The molecule has 27 heavy (non-hydrogen) atoms. The third-order valence-electron chi connectivity index (χ3n) is 4.11. The standard InChI is InChI=1S/C19H21ClN4O2S/c1-3-4-9-24-19(20)14(12(2)23-24)6-8-17(25)21-13-5-7-16-15(10-13)22-18(26)11-27-16/h5-8,10H,3-4,9,11H2,1-2H3,(H,21,25)(H,22,26)/b8-6+. The maximum atomic E-state index is 12.3. The highest BCUT2D eigenvalue weighted by atomic mass is 35.5. The number of aryl methyl sites for hydroxylation is 2. The number of anilines is 2. The molecule has 2 N–H and O–H groups in total. The van der Waals surface area contributed by atoms with Crippen molar-refractivity contribution in [1.29, 1.82) is 0 Å². The summed E-state index contributed by atoms with van der Waals surface area (Å²) in [5.74, 6) is 0.0932. The topological polar surface area (TPSA) is 76.0 Å². The quantitative estimate of drug-likeness (QED) is 0.702. The Kier molecular flexibility index (Phi) is 6.23. The molecule has 0 fully saturated rings. The number of thioether (sulfide) groups is 1. The molecule has 8 heteroatoms. The fourth-order valence-corrected chi connectivity index (χ4v) is 3.83. The number of aromatic nitrogens is 2. The van der Waals surface area contributed by atoms with E-state index in [2.05, 4.69) is 22.7 Å². The lowest BCUT2D eigenvalue weighted by Crippen LogP contribution is -2.19. The van der Waals surface area contributed by atoms with Gasteiger partial charge in [-0.1, -0.05) is 24.9 Å². The Morgan fingerprint density at radius 2 is 2.30 bits per heavy atom. The van der Waals surface area contributed by atoms with Gasteiger partial charge in [0.05, 0.1) is 17.1 Å². The van der Waals surface area contributed by atoms with Gasteiger partial charge in [-0.25, -0.2) is 0 Å². The number of halogens is 1. The van der Waals surface area contributed by atoms with Crippen LogP contribution in [0.25, 0.3) is 6.08 Å². The first-order chi connectivity index (χ1) is 13.0. The number of hydrogen-bond donors (Lipinski definition) is 2. The number of amides is 2. The number of unbranched alkanes of at least 4 members (excludes halogenated alkanes) is 1. The zero-order valence-electron chi connectivity index (χ0n) is 15.2. The third-order valence-corrected chi connectivity index (χ3v) is 5.59. The number of carbonyl (C=O) groups is 2. The SMILES string of the molecule is CCCCn1nc(C)c(/C=C/C(=O)Nc2ccc3c(c2)NC(=O)CS3)c1Cl. The molecule has 0 atom stereocenters. The first-order valence-electron chi connectivity index (χ1n) is 8.76. The molecule has 0 unspecified atom stereocenters. The largest absolute Gasteiger partial charge is 0.324 e. The second-order valence-electron chi connectivity index (χ2n) is 6.24. The van der Waals surface area contributed by atoms with Crippen molar-refractivity contribution >= 4 is 52.6 Å². The Labute approximate surface area is 167 Å². The molecule has 1 aromatic carbocycles. The number of carbonyl (C=O) groups excluding carboxylic acids is 2. The van der Waals surface area contributed by atoms with Crippen LogP contribution in [0.5, 0.6) is 0 Å². The van der Waals surface area contributed by atoms with Crippen molar-refractivity contribution in [2.45, 2.75) is 38.1 Å². The smallest absolute Gasteiger partial charge is 0.248 e. The molecule has 0 saturated heterocycles. The van der Waals surface area contributed by atoms with Gasteiger partial charge >= 0.3 is 0 Å². The Hall–Kier alpha value is -2.25. The minimum absolute atomic E-state index is 0.0407. The molecule has 2 aromatic rings. The predicted octanol–water partition coefficient (Wildman–Crippen LogP) is 4.34. The first kappa shape index (κ1) is 19.5. The lowest BCUT2D eigenvalue weighted by atomic mass is 10.2. The summed E-state index contributed by atoms with van der Waals surface area (Å²) in [5, 5.41) is 10.6. The molecule has 0 bridgehead atoms. The van der Waals surface area contributed by atoms with Crippen molar-refractivity contribution in [3.63, 3.8) is 0 Å². The number of benzene rings is 1. The highest BCUT2D eigenvalue weighted by Crippen LogP contribution is 2.33. The van der Waals surface area contributed by atoms with Crippen LogP contribution in [0.4, 0.5) is 11.4 Å². The lowest BCUT2D eigenvalue weighted by molar-refractivity contribution is -0.114. The summed E-state index contributed by atoms with van der Waals surface area (Å²) in [5.41, 5.74) is 2.87. The third kappa shape index (κ3) is 4.73. The zero-order valence-corrected chi connectivity index (χ0v) is 16.8. The summed E-state index contributed by atoms with van der Waals surface area (Å²) in [6, 6.07) is 5.46. The predicted molar refractivity (Wildman–Crippen MR) is 110 cm³/mol. The molecule has 142 valence electrons. The van der Waals surface area contributed by atoms with Gasteiger partial charge < -0.3 is 10.6 Å². The molecule has 0 radical (unpaired) electrons. The second kappa shape index (κ2) is 8.63. The molecule has 2 amide bonds. The van der Waals surface area contributed by atoms with Crippen LogP contribution in [0, 0.1) is 6.92 Å².